The van der Waals surface area contributed by atoms with Gasteiger partial charge in [-0.2, -0.15) is 5.26 Å². The van der Waals surface area contributed by atoms with Gasteiger partial charge in [-0.1, -0.05) is 25.1 Å². The molecule has 0 bridgehead atoms. The molecule has 14 heavy (non-hydrogen) atoms. The average molecular weight is 209 g/mol. The summed E-state index contributed by atoms with van der Waals surface area (Å²) in [7, 11) is -3.46. The van der Waals surface area contributed by atoms with Gasteiger partial charge in [-0.05, 0) is 18.6 Å². The van der Waals surface area contributed by atoms with Gasteiger partial charge in [-0.15, -0.1) is 0 Å². The topological polar surface area (TPSA) is 57.9 Å². The molecule has 0 radical (unpaired) electrons. The smallest absolute Gasteiger partial charge is 0.194 e. The quantitative estimate of drug-likeness (QED) is 0.762. The van der Waals surface area contributed by atoms with Crippen LogP contribution in [0.25, 0.3) is 0 Å². The molecule has 0 saturated heterocycles. The van der Waals surface area contributed by atoms with Gasteiger partial charge in [0, 0.05) is 0 Å². The third kappa shape index (κ3) is 1.94. The zero-order valence-electron chi connectivity index (χ0n) is 7.84. The van der Waals surface area contributed by atoms with Gasteiger partial charge >= 0.3 is 0 Å². The zero-order valence-corrected chi connectivity index (χ0v) is 8.66. The van der Waals surface area contributed by atoms with Gasteiger partial charge in [-0.25, -0.2) is 8.42 Å². The average Bonchev–Trinajstić information content (AvgIpc) is 2.20. The van der Waals surface area contributed by atoms with E-state index in [2.05, 4.69) is 0 Å². The number of hydrogen-bond acceptors (Lipinski definition) is 3. The van der Waals surface area contributed by atoms with Crippen LogP contribution in [0.1, 0.15) is 13.3 Å². The second-order valence-electron chi connectivity index (χ2n) is 2.88. The van der Waals surface area contributed by atoms with E-state index in [0.29, 0.717) is 6.42 Å². The molecule has 0 saturated carbocycles. The second kappa shape index (κ2) is 4.25. The first-order valence-corrected chi connectivity index (χ1v) is 5.86. The number of benzene rings is 1. The van der Waals surface area contributed by atoms with E-state index < -0.39 is 15.1 Å². The maximum atomic E-state index is 11.8. The summed E-state index contributed by atoms with van der Waals surface area (Å²) in [6.07, 6.45) is 0.313. The molecule has 0 spiro atoms. The van der Waals surface area contributed by atoms with Gasteiger partial charge in [0.2, 0.25) is 0 Å². The first-order valence-electron chi connectivity index (χ1n) is 4.31. The summed E-state index contributed by atoms with van der Waals surface area (Å²) < 4.78 is 23.5. The van der Waals surface area contributed by atoms with Crippen molar-refractivity contribution in [2.45, 2.75) is 23.5 Å². The largest absolute Gasteiger partial charge is 0.222 e. The molecule has 0 fully saturated rings. The van der Waals surface area contributed by atoms with Crippen LogP contribution in [0.4, 0.5) is 0 Å². The Balaban J connectivity index is 3.17. The number of rotatable bonds is 3. The van der Waals surface area contributed by atoms with Crippen LogP contribution in [-0.2, 0) is 9.84 Å². The van der Waals surface area contributed by atoms with Crippen LogP contribution in [0.3, 0.4) is 0 Å². The first kappa shape index (κ1) is 10.7. The van der Waals surface area contributed by atoms with E-state index in [1.807, 2.05) is 0 Å². The highest BCUT2D eigenvalue weighted by Crippen LogP contribution is 2.16. The van der Waals surface area contributed by atoms with Gasteiger partial charge in [0.15, 0.2) is 15.1 Å². The van der Waals surface area contributed by atoms with E-state index in [4.69, 9.17) is 5.26 Å². The second-order valence-corrected chi connectivity index (χ2v) is 5.01. The lowest BCUT2D eigenvalue weighted by atomic mass is 10.4. The molecule has 0 heterocycles. The van der Waals surface area contributed by atoms with Crippen molar-refractivity contribution >= 4 is 9.84 Å². The normalized spacial score (nSPS) is 13.1. The Labute approximate surface area is 83.9 Å². The monoisotopic (exact) mass is 209 g/mol. The Bertz CT molecular complexity index is 431. The Morgan fingerprint density at radius 2 is 1.93 bits per heavy atom. The fourth-order valence-electron chi connectivity index (χ4n) is 1.15. The fourth-order valence-corrected chi connectivity index (χ4v) is 2.60. The fraction of sp³-hybridized carbons (Fsp3) is 0.300. The molecular formula is C10H11NO2S. The molecule has 1 unspecified atom stereocenters. The third-order valence-electron chi connectivity index (χ3n) is 1.96. The Kier molecular flexibility index (Phi) is 3.26. The number of nitriles is 1. The predicted octanol–water partition coefficient (Wildman–Crippen LogP) is 1.76. The van der Waals surface area contributed by atoms with Gasteiger partial charge in [0.05, 0.1) is 11.0 Å². The van der Waals surface area contributed by atoms with Crippen LogP contribution in [-0.4, -0.2) is 13.7 Å². The van der Waals surface area contributed by atoms with Crippen molar-refractivity contribution in [3.63, 3.8) is 0 Å². The maximum Gasteiger partial charge on any atom is 0.194 e. The summed E-state index contributed by atoms with van der Waals surface area (Å²) in [6.45, 7) is 1.69. The van der Waals surface area contributed by atoms with Crippen molar-refractivity contribution in [2.75, 3.05) is 0 Å². The minimum Gasteiger partial charge on any atom is -0.222 e. The highest BCUT2D eigenvalue weighted by molar-refractivity contribution is 7.92. The van der Waals surface area contributed by atoms with Crippen molar-refractivity contribution in [1.82, 2.24) is 0 Å². The SMILES string of the molecule is CCC(C#N)S(=O)(=O)c1ccccc1. The highest BCUT2D eigenvalue weighted by atomic mass is 32.2. The Morgan fingerprint density at radius 3 is 2.36 bits per heavy atom. The minimum absolute atomic E-state index is 0.216. The predicted molar refractivity (Wildman–Crippen MR) is 53.3 cm³/mol. The van der Waals surface area contributed by atoms with Crippen molar-refractivity contribution in [1.29, 1.82) is 5.26 Å². The maximum absolute atomic E-state index is 11.8. The summed E-state index contributed by atoms with van der Waals surface area (Å²) >= 11 is 0. The zero-order chi connectivity index (χ0) is 10.6. The van der Waals surface area contributed by atoms with E-state index in [9.17, 15) is 8.42 Å². The standard InChI is InChI=1S/C10H11NO2S/c1-2-9(8-11)14(12,13)10-6-4-3-5-7-10/h3-7,9H,2H2,1H3. The molecular weight excluding hydrogens is 198 g/mol. The Hall–Kier alpha value is -1.34. The lowest BCUT2D eigenvalue weighted by Gasteiger charge is -2.07. The van der Waals surface area contributed by atoms with Gasteiger partial charge in [-0.3, -0.25) is 0 Å². The summed E-state index contributed by atoms with van der Waals surface area (Å²) in [4.78, 5) is 0.216. The summed E-state index contributed by atoms with van der Waals surface area (Å²) in [5, 5.41) is 7.75. The molecule has 0 aromatic heterocycles. The van der Waals surface area contributed by atoms with E-state index in [1.54, 1.807) is 31.2 Å². The van der Waals surface area contributed by atoms with Crippen LogP contribution in [0.5, 0.6) is 0 Å². The first-order chi connectivity index (χ1) is 6.62. The summed E-state index contributed by atoms with van der Waals surface area (Å²) in [5.74, 6) is 0. The molecule has 0 N–H and O–H groups in total. The number of sulfone groups is 1. The minimum atomic E-state index is -3.46. The van der Waals surface area contributed by atoms with Crippen molar-refractivity contribution < 1.29 is 8.42 Å². The van der Waals surface area contributed by atoms with Gasteiger partial charge in [0.1, 0.15) is 0 Å². The van der Waals surface area contributed by atoms with E-state index in [1.165, 1.54) is 12.1 Å². The number of hydrogen-bond donors (Lipinski definition) is 0. The third-order valence-corrected chi connectivity index (χ3v) is 4.08. The van der Waals surface area contributed by atoms with Gasteiger partial charge < -0.3 is 0 Å². The lowest BCUT2D eigenvalue weighted by Crippen LogP contribution is -2.18. The van der Waals surface area contributed by atoms with Crippen LogP contribution in [0.2, 0.25) is 0 Å². The molecule has 1 aromatic carbocycles. The van der Waals surface area contributed by atoms with Crippen molar-refractivity contribution in [3.05, 3.63) is 30.3 Å². The lowest BCUT2D eigenvalue weighted by molar-refractivity contribution is 0.587. The van der Waals surface area contributed by atoms with Gasteiger partial charge in [0.25, 0.3) is 0 Å². The molecule has 0 aliphatic heterocycles. The van der Waals surface area contributed by atoms with Crippen LogP contribution < -0.4 is 0 Å². The molecule has 0 amide bonds. The van der Waals surface area contributed by atoms with E-state index in [-0.39, 0.29) is 4.90 Å². The molecule has 3 nitrogen and oxygen atoms in total. The molecule has 4 heteroatoms. The van der Waals surface area contributed by atoms with Crippen LogP contribution in [0, 0.1) is 11.3 Å². The van der Waals surface area contributed by atoms with Crippen LogP contribution in [0.15, 0.2) is 35.2 Å². The summed E-state index contributed by atoms with van der Waals surface area (Å²) in [5.41, 5.74) is 0. The van der Waals surface area contributed by atoms with E-state index >= 15 is 0 Å². The highest BCUT2D eigenvalue weighted by Gasteiger charge is 2.24. The molecule has 0 aliphatic carbocycles. The molecule has 1 rings (SSSR count). The van der Waals surface area contributed by atoms with Crippen molar-refractivity contribution in [3.8, 4) is 6.07 Å². The molecule has 0 aliphatic rings. The number of nitrogens with zero attached hydrogens (tertiary/aromatic N) is 1. The molecule has 1 atom stereocenters. The van der Waals surface area contributed by atoms with E-state index in [0.717, 1.165) is 0 Å². The van der Waals surface area contributed by atoms with Crippen LogP contribution >= 0.6 is 0 Å². The molecule has 74 valence electrons. The van der Waals surface area contributed by atoms with Crippen molar-refractivity contribution in [2.24, 2.45) is 0 Å². The Morgan fingerprint density at radius 1 is 1.36 bits per heavy atom. The summed E-state index contributed by atoms with van der Waals surface area (Å²) in [6, 6.07) is 9.86. The molecule has 1 aromatic rings.